The number of aromatic nitrogens is 4. The van der Waals surface area contributed by atoms with Crippen LogP contribution in [-0.2, 0) is 11.3 Å². The molecule has 1 amide bonds. The highest BCUT2D eigenvalue weighted by Gasteiger charge is 2.32. The van der Waals surface area contributed by atoms with Gasteiger partial charge in [-0.25, -0.2) is 9.07 Å². The van der Waals surface area contributed by atoms with Crippen molar-refractivity contribution in [3.8, 4) is 0 Å². The quantitative estimate of drug-likeness (QED) is 0.841. The summed E-state index contributed by atoms with van der Waals surface area (Å²) in [7, 11) is 0. The Morgan fingerprint density at radius 3 is 2.76 bits per heavy atom. The number of carbonyl (C=O) groups is 1. The summed E-state index contributed by atoms with van der Waals surface area (Å²) >= 11 is 0. The molecule has 2 aliphatic heterocycles. The van der Waals surface area contributed by atoms with E-state index in [1.807, 2.05) is 4.90 Å². The van der Waals surface area contributed by atoms with Gasteiger partial charge in [-0.3, -0.25) is 4.79 Å². The minimum atomic E-state index is -0.252. The highest BCUT2D eigenvalue weighted by Crippen LogP contribution is 2.29. The van der Waals surface area contributed by atoms with Crippen LogP contribution < -0.4 is 0 Å². The molecule has 1 aromatic heterocycles. The molecule has 7 heteroatoms. The second kappa shape index (κ2) is 6.74. The lowest BCUT2D eigenvalue weighted by Gasteiger charge is -2.29. The second-order valence-electron chi connectivity index (χ2n) is 6.58. The third-order valence-electron chi connectivity index (χ3n) is 5.02. The van der Waals surface area contributed by atoms with Crippen molar-refractivity contribution in [2.45, 2.75) is 38.1 Å². The van der Waals surface area contributed by atoms with E-state index in [1.165, 1.54) is 12.1 Å². The number of nitrogens with zero attached hydrogens (tertiary/aromatic N) is 5. The Bertz CT molecular complexity index is 798. The van der Waals surface area contributed by atoms with Crippen molar-refractivity contribution in [3.05, 3.63) is 47.5 Å². The maximum atomic E-state index is 13.1. The molecule has 0 radical (unpaired) electrons. The summed E-state index contributed by atoms with van der Waals surface area (Å²) in [5.41, 5.74) is 2.18. The first-order valence-electron chi connectivity index (χ1n) is 8.72. The van der Waals surface area contributed by atoms with Crippen molar-refractivity contribution in [1.82, 2.24) is 25.1 Å². The van der Waals surface area contributed by atoms with Crippen LogP contribution in [0.1, 0.15) is 43.0 Å². The molecule has 2 aromatic rings. The summed E-state index contributed by atoms with van der Waals surface area (Å²) in [6.45, 7) is 2.02. The summed E-state index contributed by atoms with van der Waals surface area (Å²) in [6.07, 6.45) is 5.62. The molecule has 0 N–H and O–H groups in total. The molecule has 1 atom stereocenters. The minimum Gasteiger partial charge on any atom is -0.338 e. The van der Waals surface area contributed by atoms with E-state index in [0.717, 1.165) is 43.4 Å². The van der Waals surface area contributed by atoms with Gasteiger partial charge >= 0.3 is 0 Å². The Morgan fingerprint density at radius 2 is 2.00 bits per heavy atom. The Balaban J connectivity index is 1.49. The molecule has 1 aromatic carbocycles. The Morgan fingerprint density at radius 1 is 1.16 bits per heavy atom. The van der Waals surface area contributed by atoms with Gasteiger partial charge in [-0.1, -0.05) is 24.6 Å². The largest absolute Gasteiger partial charge is 0.338 e. The van der Waals surface area contributed by atoms with Crippen LogP contribution in [-0.4, -0.2) is 44.1 Å². The molecule has 0 saturated carbocycles. The average molecular weight is 341 g/mol. The van der Waals surface area contributed by atoms with E-state index >= 15 is 0 Å². The number of carbonyl (C=O) groups excluding carboxylic acids is 1. The van der Waals surface area contributed by atoms with E-state index in [1.54, 1.807) is 16.8 Å². The predicted molar refractivity (Wildman–Crippen MR) is 90.0 cm³/mol. The van der Waals surface area contributed by atoms with Gasteiger partial charge in [0.1, 0.15) is 5.82 Å². The molecule has 2 aliphatic rings. The van der Waals surface area contributed by atoms with Gasteiger partial charge in [-0.2, -0.15) is 0 Å². The zero-order chi connectivity index (χ0) is 17.2. The molecule has 0 fully saturated rings. The van der Waals surface area contributed by atoms with Crippen LogP contribution in [0.25, 0.3) is 5.57 Å². The Hall–Kier alpha value is -2.57. The van der Waals surface area contributed by atoms with Crippen LogP contribution >= 0.6 is 0 Å². The molecule has 25 heavy (non-hydrogen) atoms. The summed E-state index contributed by atoms with van der Waals surface area (Å²) in [5, 5.41) is 11.8. The lowest BCUT2D eigenvalue weighted by atomic mass is 9.96. The molecule has 0 spiro atoms. The number of rotatable bonds is 2. The molecule has 130 valence electrons. The van der Waals surface area contributed by atoms with Gasteiger partial charge in [0.15, 0.2) is 5.82 Å². The van der Waals surface area contributed by atoms with Crippen LogP contribution in [0.4, 0.5) is 4.39 Å². The molecule has 3 heterocycles. The molecule has 6 nitrogen and oxygen atoms in total. The predicted octanol–water partition coefficient (Wildman–Crippen LogP) is 2.40. The fraction of sp³-hybridized carbons (Fsp3) is 0.444. The maximum Gasteiger partial charge on any atom is 0.233 e. The summed E-state index contributed by atoms with van der Waals surface area (Å²) in [5.74, 6) is 0.310. The zero-order valence-electron chi connectivity index (χ0n) is 13.9. The zero-order valence-corrected chi connectivity index (χ0v) is 13.9. The maximum absolute atomic E-state index is 13.1. The number of amides is 1. The van der Waals surface area contributed by atoms with Crippen molar-refractivity contribution in [2.75, 3.05) is 13.1 Å². The molecule has 4 rings (SSSR count). The first-order valence-corrected chi connectivity index (χ1v) is 8.72. The van der Waals surface area contributed by atoms with Crippen LogP contribution in [0.5, 0.6) is 0 Å². The number of hydrogen-bond donors (Lipinski definition) is 0. The van der Waals surface area contributed by atoms with Gasteiger partial charge in [-0.15, -0.1) is 5.10 Å². The molecule has 0 saturated heterocycles. The minimum absolute atomic E-state index is 0.104. The van der Waals surface area contributed by atoms with Crippen molar-refractivity contribution >= 4 is 11.5 Å². The van der Waals surface area contributed by atoms with E-state index < -0.39 is 0 Å². The molecule has 0 bridgehead atoms. The van der Waals surface area contributed by atoms with Crippen molar-refractivity contribution in [2.24, 2.45) is 0 Å². The number of tetrazole rings is 1. The van der Waals surface area contributed by atoms with Crippen molar-refractivity contribution < 1.29 is 9.18 Å². The van der Waals surface area contributed by atoms with E-state index in [0.29, 0.717) is 18.9 Å². The third-order valence-corrected chi connectivity index (χ3v) is 5.02. The molecular weight excluding hydrogens is 321 g/mol. The van der Waals surface area contributed by atoms with Crippen LogP contribution in [0.3, 0.4) is 0 Å². The van der Waals surface area contributed by atoms with Gasteiger partial charge in [0, 0.05) is 19.6 Å². The summed E-state index contributed by atoms with van der Waals surface area (Å²) in [6, 6.07) is 6.52. The monoisotopic (exact) mass is 341 g/mol. The summed E-state index contributed by atoms with van der Waals surface area (Å²) in [4.78, 5) is 14.9. The van der Waals surface area contributed by atoms with Crippen LogP contribution in [0.15, 0.2) is 30.3 Å². The first kappa shape index (κ1) is 15.9. The smallest absolute Gasteiger partial charge is 0.233 e. The van der Waals surface area contributed by atoms with Gasteiger partial charge in [0.25, 0.3) is 0 Å². The number of fused-ring (bicyclic) bond motifs is 1. The molecule has 1 unspecified atom stereocenters. The van der Waals surface area contributed by atoms with E-state index in [2.05, 4.69) is 21.6 Å². The van der Waals surface area contributed by atoms with Crippen LogP contribution in [0, 0.1) is 5.82 Å². The van der Waals surface area contributed by atoms with E-state index in [9.17, 15) is 9.18 Å². The highest BCUT2D eigenvalue weighted by atomic mass is 19.1. The first-order chi connectivity index (χ1) is 12.2. The SMILES string of the molecule is O=C(C1CCCCn2nnnc21)N1CC=C(c2ccc(F)cc2)CC1. The average Bonchev–Trinajstić information content (AvgIpc) is 3.01. The van der Waals surface area contributed by atoms with Crippen molar-refractivity contribution in [3.63, 3.8) is 0 Å². The topological polar surface area (TPSA) is 63.9 Å². The fourth-order valence-corrected chi connectivity index (χ4v) is 3.61. The third kappa shape index (κ3) is 3.18. The van der Waals surface area contributed by atoms with Crippen LogP contribution in [0.2, 0.25) is 0 Å². The highest BCUT2D eigenvalue weighted by molar-refractivity contribution is 5.84. The normalized spacial score (nSPS) is 20.6. The number of aryl methyl sites for hydroxylation is 1. The standard InChI is InChI=1S/C18H20FN5O/c19-15-6-4-13(5-7-15)14-8-11-23(12-9-14)18(25)16-3-1-2-10-24-17(16)20-21-22-24/h4-8,16H,1-3,9-12H2. The Kier molecular flexibility index (Phi) is 4.29. The number of benzene rings is 1. The van der Waals surface area contributed by atoms with E-state index in [4.69, 9.17) is 0 Å². The molecular formula is C18H20FN5O. The van der Waals surface area contributed by atoms with Gasteiger partial charge in [0.2, 0.25) is 5.91 Å². The van der Waals surface area contributed by atoms with Gasteiger partial charge in [-0.05, 0) is 53.0 Å². The number of hydrogen-bond acceptors (Lipinski definition) is 4. The van der Waals surface area contributed by atoms with Gasteiger partial charge < -0.3 is 4.90 Å². The number of halogens is 1. The second-order valence-corrected chi connectivity index (χ2v) is 6.58. The fourth-order valence-electron chi connectivity index (χ4n) is 3.61. The molecule has 0 aliphatic carbocycles. The van der Waals surface area contributed by atoms with Crippen molar-refractivity contribution in [1.29, 1.82) is 0 Å². The lowest BCUT2D eigenvalue weighted by molar-refractivity contribution is -0.132. The van der Waals surface area contributed by atoms with Gasteiger partial charge in [0.05, 0.1) is 5.92 Å². The summed E-state index contributed by atoms with van der Waals surface area (Å²) < 4.78 is 14.8. The van der Waals surface area contributed by atoms with E-state index in [-0.39, 0.29) is 17.6 Å². The lowest BCUT2D eigenvalue weighted by Crippen LogP contribution is -2.38. The Labute approximate surface area is 145 Å².